The van der Waals surface area contributed by atoms with Crippen molar-refractivity contribution in [1.82, 2.24) is 19.5 Å². The molecule has 3 aromatic heterocycles. The molecular weight excluding hydrogens is 701 g/mol. The van der Waals surface area contributed by atoms with Gasteiger partial charge < -0.3 is 4.57 Å². The molecule has 0 aliphatic rings. The molecule has 0 radical (unpaired) electrons. The van der Waals surface area contributed by atoms with Crippen molar-refractivity contribution in [2.24, 2.45) is 0 Å². The van der Waals surface area contributed by atoms with E-state index >= 15 is 0 Å². The fourth-order valence-corrected chi connectivity index (χ4v) is 9.05. The SMILES string of the molecule is c1ccc(-c2nc(-c3ccccc3)nc(-c3ccc4c(c3)sc3ccc(-c5cccc(-c6ccc7c(c6)c6ccccc6n7-c6ccccc6)c5)cc34)n2)cc1. The smallest absolute Gasteiger partial charge is 0.164 e. The lowest BCUT2D eigenvalue weighted by molar-refractivity contribution is 1.07. The molecule has 0 bridgehead atoms. The van der Waals surface area contributed by atoms with Crippen LogP contribution in [0, 0.1) is 0 Å². The minimum Gasteiger partial charge on any atom is -0.309 e. The number of thiophene rings is 1. The third-order valence-electron chi connectivity index (χ3n) is 10.6. The molecule has 0 atom stereocenters. The van der Waals surface area contributed by atoms with Crippen LogP contribution in [0.25, 0.3) is 104 Å². The zero-order chi connectivity index (χ0) is 37.0. The molecule has 5 heteroatoms. The summed E-state index contributed by atoms with van der Waals surface area (Å²) in [5.41, 5.74) is 11.3. The van der Waals surface area contributed by atoms with Crippen LogP contribution in [0.4, 0.5) is 0 Å². The summed E-state index contributed by atoms with van der Waals surface area (Å²) in [4.78, 5) is 14.8. The van der Waals surface area contributed by atoms with Crippen molar-refractivity contribution in [2.45, 2.75) is 0 Å². The van der Waals surface area contributed by atoms with Gasteiger partial charge in [0.1, 0.15) is 0 Å². The van der Waals surface area contributed by atoms with E-state index in [1.54, 1.807) is 11.3 Å². The van der Waals surface area contributed by atoms with Crippen LogP contribution >= 0.6 is 11.3 Å². The number of benzene rings is 8. The Labute approximate surface area is 327 Å². The van der Waals surface area contributed by atoms with E-state index in [0.717, 1.165) is 16.7 Å². The summed E-state index contributed by atoms with van der Waals surface area (Å²) >= 11 is 1.80. The predicted molar refractivity (Wildman–Crippen MR) is 234 cm³/mol. The standard InChI is InChI=1S/C51H32N4S/c1-4-13-33(14-5-1)49-52-50(34-15-6-2-7-16-34)54-51(53-49)39-23-26-42-44-31-38(25-28-47(44)56-48(42)32-39)36-18-12-17-35(29-36)37-24-27-46-43(30-37)41-21-10-11-22-45(41)55(46)40-19-8-3-9-20-40/h1-32H. The number of para-hydroxylation sites is 2. The second-order valence-electron chi connectivity index (χ2n) is 14.1. The van der Waals surface area contributed by atoms with Gasteiger partial charge in [0.05, 0.1) is 11.0 Å². The highest BCUT2D eigenvalue weighted by molar-refractivity contribution is 7.25. The average molecular weight is 733 g/mol. The molecule has 0 N–H and O–H groups in total. The highest BCUT2D eigenvalue weighted by Crippen LogP contribution is 2.40. The zero-order valence-corrected chi connectivity index (χ0v) is 31.0. The molecule has 0 saturated carbocycles. The Bertz CT molecular complexity index is 3180. The lowest BCUT2D eigenvalue weighted by Crippen LogP contribution is -1.99. The van der Waals surface area contributed by atoms with Gasteiger partial charge in [-0.15, -0.1) is 11.3 Å². The second-order valence-corrected chi connectivity index (χ2v) is 15.1. The minimum absolute atomic E-state index is 0.664. The third-order valence-corrected chi connectivity index (χ3v) is 11.8. The summed E-state index contributed by atoms with van der Waals surface area (Å²) in [5.74, 6) is 1.99. The Morgan fingerprint density at radius 1 is 0.304 bits per heavy atom. The van der Waals surface area contributed by atoms with Crippen LogP contribution in [-0.2, 0) is 0 Å². The summed E-state index contributed by atoms with van der Waals surface area (Å²) in [6, 6.07) is 68.8. The van der Waals surface area contributed by atoms with E-state index in [1.807, 2.05) is 60.7 Å². The Morgan fingerprint density at radius 3 is 1.52 bits per heavy atom. The highest BCUT2D eigenvalue weighted by atomic mass is 32.1. The number of hydrogen-bond donors (Lipinski definition) is 0. The summed E-state index contributed by atoms with van der Waals surface area (Å²) in [5, 5.41) is 4.99. The van der Waals surface area contributed by atoms with Crippen molar-refractivity contribution in [3.05, 3.63) is 194 Å². The number of fused-ring (bicyclic) bond motifs is 6. The summed E-state index contributed by atoms with van der Waals surface area (Å²) < 4.78 is 4.82. The monoisotopic (exact) mass is 732 g/mol. The Morgan fingerprint density at radius 2 is 0.821 bits per heavy atom. The molecule has 56 heavy (non-hydrogen) atoms. The Kier molecular flexibility index (Phi) is 7.64. The maximum atomic E-state index is 4.97. The van der Waals surface area contributed by atoms with Crippen molar-refractivity contribution in [1.29, 1.82) is 0 Å². The molecule has 0 amide bonds. The first-order valence-corrected chi connectivity index (χ1v) is 19.6. The number of hydrogen-bond acceptors (Lipinski definition) is 4. The van der Waals surface area contributed by atoms with Gasteiger partial charge in [-0.05, 0) is 76.9 Å². The van der Waals surface area contributed by atoms with Crippen molar-refractivity contribution >= 4 is 53.3 Å². The van der Waals surface area contributed by atoms with Gasteiger partial charge in [0.15, 0.2) is 17.5 Å². The van der Waals surface area contributed by atoms with Crippen LogP contribution in [-0.4, -0.2) is 19.5 Å². The molecule has 0 fully saturated rings. The third kappa shape index (κ3) is 5.56. The average Bonchev–Trinajstić information content (AvgIpc) is 3.82. The van der Waals surface area contributed by atoms with Crippen molar-refractivity contribution in [2.75, 3.05) is 0 Å². The van der Waals surface area contributed by atoms with Crippen molar-refractivity contribution in [3.8, 4) is 62.1 Å². The Balaban J connectivity index is 0.967. The second kappa shape index (κ2) is 13.3. The molecule has 4 nitrogen and oxygen atoms in total. The minimum atomic E-state index is 0.664. The van der Waals surface area contributed by atoms with E-state index < -0.39 is 0 Å². The van der Waals surface area contributed by atoms with Gasteiger partial charge in [-0.25, -0.2) is 15.0 Å². The Hall–Kier alpha value is -7.21. The van der Waals surface area contributed by atoms with E-state index in [1.165, 1.54) is 69.9 Å². The molecule has 0 aliphatic carbocycles. The molecule has 262 valence electrons. The molecule has 8 aromatic carbocycles. The first-order chi connectivity index (χ1) is 27.7. The van der Waals surface area contributed by atoms with Gasteiger partial charge in [-0.3, -0.25) is 0 Å². The van der Waals surface area contributed by atoms with E-state index in [2.05, 4.69) is 138 Å². The number of rotatable bonds is 6. The van der Waals surface area contributed by atoms with Crippen LogP contribution in [0.15, 0.2) is 194 Å². The fourth-order valence-electron chi connectivity index (χ4n) is 7.92. The van der Waals surface area contributed by atoms with Gasteiger partial charge in [-0.1, -0.05) is 140 Å². The van der Waals surface area contributed by atoms with Crippen molar-refractivity contribution in [3.63, 3.8) is 0 Å². The van der Waals surface area contributed by atoms with Crippen LogP contribution in [0.3, 0.4) is 0 Å². The topological polar surface area (TPSA) is 43.6 Å². The van der Waals surface area contributed by atoms with Gasteiger partial charge in [-0.2, -0.15) is 0 Å². The maximum absolute atomic E-state index is 4.97. The first-order valence-electron chi connectivity index (χ1n) is 18.8. The maximum Gasteiger partial charge on any atom is 0.164 e. The molecule has 0 saturated heterocycles. The predicted octanol–water partition coefficient (Wildman–Crippen LogP) is 13.7. The number of aromatic nitrogens is 4. The van der Waals surface area contributed by atoms with Crippen molar-refractivity contribution < 1.29 is 0 Å². The van der Waals surface area contributed by atoms with Gasteiger partial charge in [0.25, 0.3) is 0 Å². The lowest BCUT2D eigenvalue weighted by Gasteiger charge is -2.09. The largest absolute Gasteiger partial charge is 0.309 e. The van der Waals surface area contributed by atoms with Gasteiger partial charge in [0.2, 0.25) is 0 Å². The first kappa shape index (κ1) is 32.2. The summed E-state index contributed by atoms with van der Waals surface area (Å²) in [7, 11) is 0. The molecular formula is C51H32N4S. The number of nitrogens with zero attached hydrogens (tertiary/aromatic N) is 4. The van der Waals surface area contributed by atoms with Crippen LogP contribution in [0.1, 0.15) is 0 Å². The van der Waals surface area contributed by atoms with Crippen LogP contribution in [0.2, 0.25) is 0 Å². The van der Waals surface area contributed by atoms with E-state index in [0.29, 0.717) is 17.5 Å². The normalized spacial score (nSPS) is 11.6. The van der Waals surface area contributed by atoms with E-state index in [-0.39, 0.29) is 0 Å². The van der Waals surface area contributed by atoms with Gasteiger partial charge >= 0.3 is 0 Å². The molecule has 11 rings (SSSR count). The fraction of sp³-hybridized carbons (Fsp3) is 0. The highest BCUT2D eigenvalue weighted by Gasteiger charge is 2.16. The summed E-state index contributed by atoms with van der Waals surface area (Å²) in [6.07, 6.45) is 0. The van der Waals surface area contributed by atoms with E-state index in [9.17, 15) is 0 Å². The zero-order valence-electron chi connectivity index (χ0n) is 30.2. The van der Waals surface area contributed by atoms with Gasteiger partial charge in [0, 0.05) is 53.3 Å². The molecule has 0 spiro atoms. The molecule has 11 aromatic rings. The quantitative estimate of drug-likeness (QED) is 0.171. The molecule has 0 aliphatic heterocycles. The summed E-state index contributed by atoms with van der Waals surface area (Å²) in [6.45, 7) is 0. The molecule has 3 heterocycles. The molecule has 0 unspecified atom stereocenters. The van der Waals surface area contributed by atoms with E-state index in [4.69, 9.17) is 15.0 Å². The lowest BCUT2D eigenvalue weighted by atomic mass is 9.97. The van der Waals surface area contributed by atoms with Crippen LogP contribution in [0.5, 0.6) is 0 Å². The van der Waals surface area contributed by atoms with Crippen LogP contribution < -0.4 is 0 Å².